The molecule has 0 amide bonds. The molecule has 0 bridgehead atoms. The highest BCUT2D eigenvalue weighted by Gasteiger charge is 2.34. The van der Waals surface area contributed by atoms with Gasteiger partial charge in [0.15, 0.2) is 0 Å². The van der Waals surface area contributed by atoms with Crippen molar-refractivity contribution < 1.29 is 17.6 Å². The number of methoxy groups -OCH3 is 1. The second-order valence-corrected chi connectivity index (χ2v) is 12.3. The summed E-state index contributed by atoms with van der Waals surface area (Å²) in [6, 6.07) is 35.2. The molecule has 1 aliphatic rings. The minimum Gasteiger partial charge on any atom is -0.497 e. The van der Waals surface area contributed by atoms with Gasteiger partial charge in [0.1, 0.15) is 5.75 Å². The first-order valence-electron chi connectivity index (χ1n) is 14.0. The minimum absolute atomic E-state index is 0.0618. The van der Waals surface area contributed by atoms with Crippen LogP contribution in [0.3, 0.4) is 0 Å². The summed E-state index contributed by atoms with van der Waals surface area (Å²) < 4.78 is 39.4. The Morgan fingerprint density at radius 1 is 0.762 bits per heavy atom. The average Bonchev–Trinajstić information content (AvgIpc) is 3.50. The Balaban J connectivity index is 1.34. The van der Waals surface area contributed by atoms with E-state index >= 15 is 0 Å². The molecule has 5 aromatic rings. The lowest BCUT2D eigenvalue weighted by Crippen LogP contribution is -2.48. The molecule has 6 rings (SSSR count). The molecule has 1 aromatic heterocycles. The van der Waals surface area contributed by atoms with E-state index in [4.69, 9.17) is 9.15 Å². The summed E-state index contributed by atoms with van der Waals surface area (Å²) >= 11 is 0. The number of ether oxygens (including phenoxy) is 1. The first-order chi connectivity index (χ1) is 20.4. The zero-order valence-electron chi connectivity index (χ0n) is 23.7. The van der Waals surface area contributed by atoms with E-state index in [0.717, 1.165) is 18.7 Å². The summed E-state index contributed by atoms with van der Waals surface area (Å²) in [5, 5.41) is -0.0618. The maximum Gasteiger partial charge on any atom is 0.236 e. The van der Waals surface area contributed by atoms with Gasteiger partial charge < -0.3 is 14.1 Å². The van der Waals surface area contributed by atoms with E-state index in [9.17, 15) is 8.42 Å². The van der Waals surface area contributed by atoms with Crippen LogP contribution >= 0.6 is 0 Å². The number of oxazole rings is 1. The standard InChI is InChI=1S/C34H33N3O4S/c1-25-13-19-30(20-14-25)42(38,39)33-34(41-32(35-33)28-15-17-29(40-2)18-16-28)37-23-21-36(22-24-37)31(26-9-5-3-6-10-26)27-11-7-4-8-12-27/h3-20,31H,21-24H2,1-2H3. The van der Waals surface area contributed by atoms with E-state index in [2.05, 4.69) is 58.4 Å². The Labute approximate surface area is 246 Å². The maximum atomic E-state index is 13.9. The lowest BCUT2D eigenvalue weighted by atomic mass is 9.96. The van der Waals surface area contributed by atoms with Crippen LogP contribution in [0.25, 0.3) is 11.5 Å². The highest BCUT2D eigenvalue weighted by molar-refractivity contribution is 7.91. The number of aryl methyl sites for hydroxylation is 1. The Bertz CT molecular complexity index is 1690. The van der Waals surface area contributed by atoms with E-state index in [1.54, 1.807) is 43.5 Å². The highest BCUT2D eigenvalue weighted by atomic mass is 32.2. The number of rotatable bonds is 8. The van der Waals surface area contributed by atoms with E-state index in [1.807, 2.05) is 36.1 Å². The summed E-state index contributed by atoms with van der Waals surface area (Å²) in [4.78, 5) is 9.22. The third-order valence-corrected chi connectivity index (χ3v) is 9.37. The summed E-state index contributed by atoms with van der Waals surface area (Å²) in [5.41, 5.74) is 4.10. The summed E-state index contributed by atoms with van der Waals surface area (Å²) in [6.07, 6.45) is 0. The third-order valence-electron chi connectivity index (χ3n) is 7.70. The van der Waals surface area contributed by atoms with Crippen LogP contribution in [0.4, 0.5) is 5.88 Å². The average molecular weight is 580 g/mol. The first-order valence-corrected chi connectivity index (χ1v) is 15.5. The Morgan fingerprint density at radius 3 is 1.88 bits per heavy atom. The molecule has 214 valence electrons. The molecule has 42 heavy (non-hydrogen) atoms. The fourth-order valence-corrected chi connectivity index (χ4v) is 6.75. The summed E-state index contributed by atoms with van der Waals surface area (Å²) in [7, 11) is -2.33. The number of benzene rings is 4. The van der Waals surface area contributed by atoms with E-state index in [-0.39, 0.29) is 27.7 Å². The van der Waals surface area contributed by atoms with Crippen LogP contribution in [-0.4, -0.2) is 51.6 Å². The van der Waals surface area contributed by atoms with Crippen molar-refractivity contribution in [1.82, 2.24) is 9.88 Å². The molecule has 0 unspecified atom stereocenters. The second kappa shape index (κ2) is 11.8. The van der Waals surface area contributed by atoms with Crippen LogP contribution in [-0.2, 0) is 9.84 Å². The Kier molecular flexibility index (Phi) is 7.82. The molecule has 1 saturated heterocycles. The lowest BCUT2D eigenvalue weighted by Gasteiger charge is -2.39. The van der Waals surface area contributed by atoms with Gasteiger partial charge in [0, 0.05) is 31.7 Å². The molecule has 8 heteroatoms. The Hall–Kier alpha value is -4.40. The number of hydrogen-bond acceptors (Lipinski definition) is 7. The molecule has 7 nitrogen and oxygen atoms in total. The molecule has 0 atom stereocenters. The fraction of sp³-hybridized carbons (Fsp3) is 0.206. The first kappa shape index (κ1) is 27.8. The maximum absolute atomic E-state index is 13.9. The van der Waals surface area contributed by atoms with Crippen LogP contribution in [0.2, 0.25) is 0 Å². The number of nitrogens with zero attached hydrogens (tertiary/aromatic N) is 3. The van der Waals surface area contributed by atoms with Gasteiger partial charge in [-0.2, -0.15) is 4.98 Å². The number of hydrogen-bond donors (Lipinski definition) is 0. The largest absolute Gasteiger partial charge is 0.497 e. The van der Waals surface area contributed by atoms with Gasteiger partial charge in [0.25, 0.3) is 0 Å². The molecule has 4 aromatic carbocycles. The molecular weight excluding hydrogens is 546 g/mol. The number of piperazine rings is 1. The second-order valence-electron chi connectivity index (χ2n) is 10.4. The van der Waals surface area contributed by atoms with Gasteiger partial charge in [-0.05, 0) is 54.4 Å². The van der Waals surface area contributed by atoms with Crippen LogP contribution in [0.15, 0.2) is 124 Å². The van der Waals surface area contributed by atoms with Gasteiger partial charge >= 0.3 is 0 Å². The van der Waals surface area contributed by atoms with Crippen LogP contribution in [0, 0.1) is 6.92 Å². The van der Waals surface area contributed by atoms with Crippen LogP contribution in [0.5, 0.6) is 5.75 Å². The normalized spacial score (nSPS) is 14.3. The van der Waals surface area contributed by atoms with Crippen molar-refractivity contribution in [2.75, 3.05) is 38.2 Å². The monoisotopic (exact) mass is 579 g/mol. The molecule has 0 aliphatic carbocycles. The molecule has 1 fully saturated rings. The smallest absolute Gasteiger partial charge is 0.236 e. The van der Waals surface area contributed by atoms with Crippen LogP contribution in [0.1, 0.15) is 22.7 Å². The molecule has 0 spiro atoms. The molecular formula is C34H33N3O4S. The van der Waals surface area contributed by atoms with Gasteiger partial charge in [-0.25, -0.2) is 8.42 Å². The van der Waals surface area contributed by atoms with E-state index < -0.39 is 9.84 Å². The quantitative estimate of drug-likeness (QED) is 0.210. The SMILES string of the molecule is COc1ccc(-c2nc(S(=O)(=O)c3ccc(C)cc3)c(N3CCN(C(c4ccccc4)c4ccccc4)CC3)o2)cc1. The van der Waals surface area contributed by atoms with Crippen molar-refractivity contribution in [3.8, 4) is 17.2 Å². The molecule has 2 heterocycles. The number of aromatic nitrogens is 1. The molecule has 0 saturated carbocycles. The van der Waals surface area contributed by atoms with Crippen molar-refractivity contribution in [3.63, 3.8) is 0 Å². The topological polar surface area (TPSA) is 75.9 Å². The predicted molar refractivity (Wildman–Crippen MR) is 164 cm³/mol. The fourth-order valence-electron chi connectivity index (χ4n) is 5.43. The van der Waals surface area contributed by atoms with Crippen molar-refractivity contribution >= 4 is 15.7 Å². The van der Waals surface area contributed by atoms with Crippen molar-refractivity contribution in [2.24, 2.45) is 0 Å². The van der Waals surface area contributed by atoms with Crippen molar-refractivity contribution in [3.05, 3.63) is 126 Å². The van der Waals surface area contributed by atoms with Gasteiger partial charge in [0.2, 0.25) is 26.6 Å². The van der Waals surface area contributed by atoms with Gasteiger partial charge in [-0.3, -0.25) is 4.90 Å². The zero-order chi connectivity index (χ0) is 29.1. The predicted octanol–water partition coefficient (Wildman–Crippen LogP) is 6.40. The third kappa shape index (κ3) is 5.55. The van der Waals surface area contributed by atoms with E-state index in [0.29, 0.717) is 24.4 Å². The van der Waals surface area contributed by atoms with Gasteiger partial charge in [-0.1, -0.05) is 78.4 Å². The lowest BCUT2D eigenvalue weighted by molar-refractivity contribution is 0.209. The number of sulfone groups is 1. The van der Waals surface area contributed by atoms with Gasteiger partial charge in [0.05, 0.1) is 18.0 Å². The summed E-state index contributed by atoms with van der Waals surface area (Å²) in [6.45, 7) is 4.54. The molecule has 0 radical (unpaired) electrons. The highest BCUT2D eigenvalue weighted by Crippen LogP contribution is 2.37. The zero-order valence-corrected chi connectivity index (χ0v) is 24.5. The molecule has 0 N–H and O–H groups in total. The molecule has 1 aliphatic heterocycles. The van der Waals surface area contributed by atoms with Crippen molar-refractivity contribution in [1.29, 1.82) is 0 Å². The number of anilines is 1. The van der Waals surface area contributed by atoms with E-state index in [1.165, 1.54) is 11.1 Å². The van der Waals surface area contributed by atoms with Crippen LogP contribution < -0.4 is 9.64 Å². The van der Waals surface area contributed by atoms with Gasteiger partial charge in [-0.15, -0.1) is 0 Å². The minimum atomic E-state index is -3.94. The summed E-state index contributed by atoms with van der Waals surface area (Å²) in [5.74, 6) is 1.23. The Morgan fingerprint density at radius 2 is 1.33 bits per heavy atom. The van der Waals surface area contributed by atoms with Crippen molar-refractivity contribution in [2.45, 2.75) is 22.9 Å².